The summed E-state index contributed by atoms with van der Waals surface area (Å²) in [7, 11) is 0. The van der Waals surface area contributed by atoms with Crippen molar-refractivity contribution in [1.29, 1.82) is 0 Å². The minimum atomic E-state index is 0.649. The van der Waals surface area contributed by atoms with Crippen LogP contribution in [-0.4, -0.2) is 15.0 Å². The first-order valence-corrected chi connectivity index (χ1v) is 16.2. The van der Waals surface area contributed by atoms with Gasteiger partial charge >= 0.3 is 0 Å². The summed E-state index contributed by atoms with van der Waals surface area (Å²) in [6.07, 6.45) is 0. The van der Waals surface area contributed by atoms with Gasteiger partial charge in [0, 0.05) is 16.7 Å². The van der Waals surface area contributed by atoms with Crippen LogP contribution in [0.2, 0.25) is 0 Å². The molecule has 0 saturated heterocycles. The van der Waals surface area contributed by atoms with Gasteiger partial charge < -0.3 is 0 Å². The zero-order valence-electron chi connectivity index (χ0n) is 26.1. The van der Waals surface area contributed by atoms with Crippen molar-refractivity contribution in [3.05, 3.63) is 176 Å². The van der Waals surface area contributed by atoms with Crippen molar-refractivity contribution in [2.75, 3.05) is 0 Å². The van der Waals surface area contributed by atoms with Crippen molar-refractivity contribution in [3.63, 3.8) is 0 Å². The zero-order chi connectivity index (χ0) is 31.9. The number of rotatable bonds is 5. The quantitative estimate of drug-likeness (QED) is 0.194. The van der Waals surface area contributed by atoms with Crippen LogP contribution in [0, 0.1) is 0 Å². The number of nitrogens with zero attached hydrogens (tertiary/aromatic N) is 3. The number of aromatic nitrogens is 3. The molecule has 0 unspecified atom stereocenters. The summed E-state index contributed by atoms with van der Waals surface area (Å²) >= 11 is 0. The third-order valence-corrected chi connectivity index (χ3v) is 9.10. The van der Waals surface area contributed by atoms with Gasteiger partial charge in [-0.25, -0.2) is 15.0 Å². The van der Waals surface area contributed by atoms with E-state index in [-0.39, 0.29) is 0 Å². The molecule has 9 rings (SSSR count). The van der Waals surface area contributed by atoms with E-state index in [1.165, 1.54) is 33.0 Å². The molecule has 0 aliphatic rings. The highest BCUT2D eigenvalue weighted by Crippen LogP contribution is 2.33. The van der Waals surface area contributed by atoms with E-state index < -0.39 is 0 Å². The van der Waals surface area contributed by atoms with Gasteiger partial charge in [-0.15, -0.1) is 0 Å². The summed E-state index contributed by atoms with van der Waals surface area (Å²) in [5, 5.41) is 6.91. The van der Waals surface area contributed by atoms with Crippen molar-refractivity contribution in [1.82, 2.24) is 15.0 Å². The fourth-order valence-corrected chi connectivity index (χ4v) is 6.55. The Kier molecular flexibility index (Phi) is 6.80. The lowest BCUT2D eigenvalue weighted by atomic mass is 9.97. The molecule has 0 bridgehead atoms. The third-order valence-electron chi connectivity index (χ3n) is 9.10. The molecule has 0 spiro atoms. The molecule has 0 atom stereocenters. The zero-order valence-corrected chi connectivity index (χ0v) is 26.1. The molecule has 0 amide bonds. The molecule has 0 aliphatic carbocycles. The highest BCUT2D eigenvalue weighted by molar-refractivity contribution is 5.96. The third kappa shape index (κ3) is 5.18. The fraction of sp³-hybridized carbons (Fsp3) is 0. The molecule has 0 N–H and O–H groups in total. The largest absolute Gasteiger partial charge is 0.208 e. The highest BCUT2D eigenvalue weighted by Gasteiger charge is 2.15. The van der Waals surface area contributed by atoms with Crippen LogP contribution in [0.25, 0.3) is 88.7 Å². The molecule has 0 saturated carbocycles. The smallest absolute Gasteiger partial charge is 0.164 e. The Morgan fingerprint density at radius 1 is 0.250 bits per heavy atom. The Morgan fingerprint density at radius 3 is 1.44 bits per heavy atom. The highest BCUT2D eigenvalue weighted by atomic mass is 15.0. The van der Waals surface area contributed by atoms with Gasteiger partial charge in [0.2, 0.25) is 0 Å². The van der Waals surface area contributed by atoms with Crippen LogP contribution in [0.15, 0.2) is 176 Å². The molecule has 1 aromatic heterocycles. The summed E-state index contributed by atoms with van der Waals surface area (Å²) in [5.74, 6) is 1.96. The standard InChI is InChI=1S/C45H29N3/c1-2-9-30(10-3-1)32-17-19-33(20-18-32)37-24-21-34-23-26-39(29-40(34)28-37)44-46-43(38-25-22-31-11-4-5-13-36(31)27-38)47-45(48-44)42-16-8-14-35-12-6-7-15-41(35)42/h1-29H. The Hall–Kier alpha value is -6.45. The van der Waals surface area contributed by atoms with E-state index >= 15 is 0 Å². The molecule has 0 radical (unpaired) electrons. The molecule has 3 nitrogen and oxygen atoms in total. The minimum absolute atomic E-state index is 0.649. The van der Waals surface area contributed by atoms with Crippen molar-refractivity contribution in [3.8, 4) is 56.4 Å². The Balaban J connectivity index is 1.17. The van der Waals surface area contributed by atoms with Crippen molar-refractivity contribution < 1.29 is 0 Å². The van der Waals surface area contributed by atoms with Crippen molar-refractivity contribution >= 4 is 32.3 Å². The molecule has 1 heterocycles. The lowest BCUT2D eigenvalue weighted by Crippen LogP contribution is -2.00. The Morgan fingerprint density at radius 2 is 0.708 bits per heavy atom. The molecule has 9 aromatic rings. The summed E-state index contributed by atoms with van der Waals surface area (Å²) in [6.45, 7) is 0. The van der Waals surface area contributed by atoms with Gasteiger partial charge in [0.25, 0.3) is 0 Å². The second-order valence-corrected chi connectivity index (χ2v) is 12.1. The lowest BCUT2D eigenvalue weighted by Gasteiger charge is -2.11. The van der Waals surface area contributed by atoms with Crippen molar-refractivity contribution in [2.45, 2.75) is 0 Å². The first kappa shape index (κ1) is 27.8. The first-order chi connectivity index (χ1) is 23.7. The van der Waals surface area contributed by atoms with E-state index in [1.54, 1.807) is 0 Å². The predicted octanol–water partition coefficient (Wildman–Crippen LogP) is 11.7. The van der Waals surface area contributed by atoms with Gasteiger partial charge in [0.05, 0.1) is 0 Å². The molecule has 0 aliphatic heterocycles. The van der Waals surface area contributed by atoms with E-state index in [0.717, 1.165) is 38.2 Å². The van der Waals surface area contributed by atoms with Crippen LogP contribution in [0.4, 0.5) is 0 Å². The number of hydrogen-bond acceptors (Lipinski definition) is 3. The molecular weight excluding hydrogens is 583 g/mol. The van der Waals surface area contributed by atoms with Gasteiger partial charge in [0.1, 0.15) is 0 Å². The SMILES string of the molecule is c1ccc(-c2ccc(-c3ccc4ccc(-c5nc(-c6ccc7ccccc7c6)nc(-c6cccc7ccccc67)n5)cc4c3)cc2)cc1. The number of hydrogen-bond donors (Lipinski definition) is 0. The molecule has 0 fully saturated rings. The number of benzene rings is 8. The summed E-state index contributed by atoms with van der Waals surface area (Å²) < 4.78 is 0. The maximum atomic E-state index is 5.12. The van der Waals surface area contributed by atoms with Crippen LogP contribution < -0.4 is 0 Å². The van der Waals surface area contributed by atoms with Crippen LogP contribution in [0.5, 0.6) is 0 Å². The van der Waals surface area contributed by atoms with Crippen LogP contribution in [-0.2, 0) is 0 Å². The summed E-state index contributed by atoms with van der Waals surface area (Å²) in [5.41, 5.74) is 7.67. The molecular formula is C45H29N3. The van der Waals surface area contributed by atoms with Crippen LogP contribution >= 0.6 is 0 Å². The van der Waals surface area contributed by atoms with Gasteiger partial charge in [0.15, 0.2) is 17.5 Å². The average Bonchev–Trinajstić information content (AvgIpc) is 3.17. The molecule has 48 heavy (non-hydrogen) atoms. The second kappa shape index (κ2) is 11.7. The average molecular weight is 612 g/mol. The molecule has 3 heteroatoms. The summed E-state index contributed by atoms with van der Waals surface area (Å²) in [6, 6.07) is 61.8. The van der Waals surface area contributed by atoms with E-state index in [2.05, 4.69) is 170 Å². The normalized spacial score (nSPS) is 11.3. The summed E-state index contributed by atoms with van der Waals surface area (Å²) in [4.78, 5) is 15.3. The minimum Gasteiger partial charge on any atom is -0.208 e. The second-order valence-electron chi connectivity index (χ2n) is 12.1. The number of fused-ring (bicyclic) bond motifs is 3. The predicted molar refractivity (Wildman–Crippen MR) is 200 cm³/mol. The van der Waals surface area contributed by atoms with Gasteiger partial charge in [-0.1, -0.05) is 158 Å². The topological polar surface area (TPSA) is 38.7 Å². The van der Waals surface area contributed by atoms with E-state index in [4.69, 9.17) is 15.0 Å². The Bertz CT molecular complexity index is 2600. The Labute approximate surface area is 278 Å². The fourth-order valence-electron chi connectivity index (χ4n) is 6.55. The van der Waals surface area contributed by atoms with E-state index in [1.807, 2.05) is 6.07 Å². The molecule has 8 aromatic carbocycles. The maximum Gasteiger partial charge on any atom is 0.164 e. The first-order valence-electron chi connectivity index (χ1n) is 16.2. The molecule has 224 valence electrons. The monoisotopic (exact) mass is 611 g/mol. The van der Waals surface area contributed by atoms with Gasteiger partial charge in [-0.2, -0.15) is 0 Å². The van der Waals surface area contributed by atoms with Gasteiger partial charge in [-0.05, 0) is 72.8 Å². The van der Waals surface area contributed by atoms with E-state index in [0.29, 0.717) is 17.5 Å². The maximum absolute atomic E-state index is 5.12. The lowest BCUT2D eigenvalue weighted by molar-refractivity contribution is 1.08. The van der Waals surface area contributed by atoms with Crippen LogP contribution in [0.3, 0.4) is 0 Å². The van der Waals surface area contributed by atoms with Crippen molar-refractivity contribution in [2.24, 2.45) is 0 Å². The van der Waals surface area contributed by atoms with Gasteiger partial charge in [-0.3, -0.25) is 0 Å². The van der Waals surface area contributed by atoms with E-state index in [9.17, 15) is 0 Å². The van der Waals surface area contributed by atoms with Crippen LogP contribution in [0.1, 0.15) is 0 Å².